The Labute approximate surface area is 112 Å². The minimum absolute atomic E-state index is 0.0399. The van der Waals surface area contributed by atoms with Crippen LogP contribution in [0.2, 0.25) is 0 Å². The molecule has 3 rings (SSSR count). The van der Waals surface area contributed by atoms with E-state index in [1.54, 1.807) is 13.0 Å². The van der Waals surface area contributed by atoms with E-state index in [0.717, 1.165) is 6.42 Å². The lowest BCUT2D eigenvalue weighted by Crippen LogP contribution is -2.59. The molecule has 0 amide bonds. The molecule has 3 aliphatic rings. The Hall–Kier alpha value is -1.16. The molecule has 2 fully saturated rings. The van der Waals surface area contributed by atoms with Gasteiger partial charge in [0.1, 0.15) is 6.10 Å². The van der Waals surface area contributed by atoms with Crippen molar-refractivity contribution in [3.63, 3.8) is 0 Å². The van der Waals surface area contributed by atoms with E-state index in [1.165, 1.54) is 6.08 Å². The van der Waals surface area contributed by atoms with E-state index in [-0.39, 0.29) is 35.6 Å². The van der Waals surface area contributed by atoms with Crippen LogP contribution in [-0.2, 0) is 14.3 Å². The quantitative estimate of drug-likeness (QED) is 0.673. The van der Waals surface area contributed by atoms with Crippen LogP contribution in [0.5, 0.6) is 0 Å². The van der Waals surface area contributed by atoms with Gasteiger partial charge >= 0.3 is 5.97 Å². The molecule has 1 unspecified atom stereocenters. The van der Waals surface area contributed by atoms with Crippen LogP contribution in [-0.4, -0.2) is 28.6 Å². The van der Waals surface area contributed by atoms with Crippen LogP contribution < -0.4 is 0 Å². The first-order valence-corrected chi connectivity index (χ1v) is 6.94. The maximum atomic E-state index is 12.3. The van der Waals surface area contributed by atoms with Gasteiger partial charge in [-0.05, 0) is 31.9 Å². The third kappa shape index (κ3) is 1.55. The van der Waals surface area contributed by atoms with Crippen molar-refractivity contribution in [3.8, 4) is 0 Å². The van der Waals surface area contributed by atoms with Crippen molar-refractivity contribution >= 4 is 11.8 Å². The summed E-state index contributed by atoms with van der Waals surface area (Å²) >= 11 is 0. The minimum atomic E-state index is -1.10. The van der Waals surface area contributed by atoms with Gasteiger partial charge in [0.25, 0.3) is 0 Å². The van der Waals surface area contributed by atoms with E-state index >= 15 is 0 Å². The fourth-order valence-electron chi connectivity index (χ4n) is 4.29. The van der Waals surface area contributed by atoms with E-state index in [4.69, 9.17) is 4.74 Å². The Morgan fingerprint density at radius 3 is 2.74 bits per heavy atom. The fourth-order valence-corrected chi connectivity index (χ4v) is 4.29. The number of esters is 1. The molecule has 0 aromatic rings. The molecule has 19 heavy (non-hydrogen) atoms. The summed E-state index contributed by atoms with van der Waals surface area (Å²) < 4.78 is 5.51. The summed E-state index contributed by atoms with van der Waals surface area (Å²) in [6, 6.07) is 0. The topological polar surface area (TPSA) is 63.6 Å². The predicted octanol–water partition coefficient (Wildman–Crippen LogP) is 1.47. The van der Waals surface area contributed by atoms with Crippen LogP contribution in [0.1, 0.15) is 33.6 Å². The number of allylic oxidation sites excluding steroid dienone is 1. The average molecular weight is 264 g/mol. The van der Waals surface area contributed by atoms with Crippen molar-refractivity contribution in [1.29, 1.82) is 0 Å². The van der Waals surface area contributed by atoms with Crippen LogP contribution in [0.15, 0.2) is 12.2 Å². The lowest BCUT2D eigenvalue weighted by molar-refractivity contribution is -0.167. The highest BCUT2D eigenvalue weighted by atomic mass is 16.6. The predicted molar refractivity (Wildman–Crippen MR) is 68.1 cm³/mol. The van der Waals surface area contributed by atoms with E-state index < -0.39 is 11.0 Å². The van der Waals surface area contributed by atoms with E-state index in [0.29, 0.717) is 6.42 Å². The fraction of sp³-hybridized carbons (Fsp3) is 0.733. The van der Waals surface area contributed by atoms with E-state index in [1.807, 2.05) is 13.8 Å². The number of ether oxygens (including phenoxy) is 1. The van der Waals surface area contributed by atoms with Gasteiger partial charge in [-0.15, -0.1) is 0 Å². The first-order chi connectivity index (χ1) is 8.77. The zero-order chi connectivity index (χ0) is 14.0. The van der Waals surface area contributed by atoms with Crippen LogP contribution in [0.25, 0.3) is 0 Å². The molecule has 104 valence electrons. The first-order valence-electron chi connectivity index (χ1n) is 6.94. The Kier molecular flexibility index (Phi) is 2.50. The molecule has 0 radical (unpaired) electrons. The van der Waals surface area contributed by atoms with Gasteiger partial charge < -0.3 is 9.84 Å². The summed E-state index contributed by atoms with van der Waals surface area (Å²) in [6.07, 6.45) is 4.21. The normalized spacial score (nSPS) is 52.6. The molecule has 4 nitrogen and oxygen atoms in total. The number of carbonyl (C=O) groups is 2. The van der Waals surface area contributed by atoms with Gasteiger partial charge in [-0.1, -0.05) is 13.8 Å². The maximum Gasteiger partial charge on any atom is 0.309 e. The summed E-state index contributed by atoms with van der Waals surface area (Å²) in [7, 11) is 0. The van der Waals surface area contributed by atoms with Crippen molar-refractivity contribution in [3.05, 3.63) is 12.2 Å². The Morgan fingerprint density at radius 2 is 2.05 bits per heavy atom. The Bertz CT molecular complexity index is 479. The maximum absolute atomic E-state index is 12.3. The highest BCUT2D eigenvalue weighted by Gasteiger charge is 2.62. The monoisotopic (exact) mass is 264 g/mol. The van der Waals surface area contributed by atoms with Gasteiger partial charge in [-0.3, -0.25) is 9.59 Å². The summed E-state index contributed by atoms with van der Waals surface area (Å²) in [6.45, 7) is 5.48. The average Bonchev–Trinajstić information content (AvgIpc) is 2.60. The molecule has 1 aliphatic heterocycles. The summed E-state index contributed by atoms with van der Waals surface area (Å²) in [5, 5.41) is 10.6. The molecule has 0 aromatic carbocycles. The van der Waals surface area contributed by atoms with Crippen molar-refractivity contribution in [2.45, 2.75) is 45.3 Å². The number of hydrogen-bond acceptors (Lipinski definition) is 4. The molecular formula is C15H20O4. The largest absolute Gasteiger partial charge is 0.461 e. The molecule has 0 spiro atoms. The summed E-state index contributed by atoms with van der Waals surface area (Å²) in [4.78, 5) is 24.1. The van der Waals surface area contributed by atoms with Gasteiger partial charge in [0.2, 0.25) is 0 Å². The zero-order valence-corrected chi connectivity index (χ0v) is 11.6. The molecule has 4 heteroatoms. The number of fused-ring (bicyclic) bond motifs is 3. The number of rotatable bonds is 0. The second kappa shape index (κ2) is 3.69. The third-order valence-electron chi connectivity index (χ3n) is 5.46. The number of ketones is 1. The SMILES string of the molecule is C[C@@H]1C(=O)O[C@H]2C3[C@@](C)(O)C=CC(=O)[C@]3(C)CC[C@@H]12. The number of hydrogen-bond donors (Lipinski definition) is 1. The van der Waals surface area contributed by atoms with Gasteiger partial charge in [0.05, 0.1) is 11.5 Å². The van der Waals surface area contributed by atoms with Crippen LogP contribution in [0.3, 0.4) is 0 Å². The van der Waals surface area contributed by atoms with Gasteiger partial charge in [-0.2, -0.15) is 0 Å². The van der Waals surface area contributed by atoms with Crippen LogP contribution >= 0.6 is 0 Å². The summed E-state index contributed by atoms with van der Waals surface area (Å²) in [5.74, 6) is -0.511. The van der Waals surface area contributed by atoms with Crippen LogP contribution in [0.4, 0.5) is 0 Å². The zero-order valence-electron chi connectivity index (χ0n) is 11.6. The first kappa shape index (κ1) is 12.9. The van der Waals surface area contributed by atoms with Crippen molar-refractivity contribution in [2.24, 2.45) is 23.2 Å². The van der Waals surface area contributed by atoms with Gasteiger partial charge in [0.15, 0.2) is 5.78 Å². The lowest BCUT2D eigenvalue weighted by atomic mass is 9.53. The standard InChI is InChI=1S/C15H20O4/c1-8-9-4-6-14(2)10(16)5-7-15(3,18)12(14)11(9)19-13(8)17/h5,7-9,11-12,18H,4,6H2,1-3H3/t8-,9-,11+,12?,14-,15-/m0/s1. The van der Waals surface area contributed by atoms with Crippen molar-refractivity contribution in [2.75, 3.05) is 0 Å². The molecule has 2 aliphatic carbocycles. The molecule has 1 saturated carbocycles. The summed E-state index contributed by atoms with van der Waals surface area (Å²) in [5.41, 5.74) is -1.72. The molecule has 1 heterocycles. The minimum Gasteiger partial charge on any atom is -0.461 e. The highest BCUT2D eigenvalue weighted by Crippen LogP contribution is 2.56. The van der Waals surface area contributed by atoms with Gasteiger partial charge in [-0.25, -0.2) is 0 Å². The smallest absolute Gasteiger partial charge is 0.309 e. The van der Waals surface area contributed by atoms with Crippen LogP contribution in [0, 0.1) is 23.2 Å². The number of carbonyl (C=O) groups excluding carboxylic acids is 2. The van der Waals surface area contributed by atoms with E-state index in [2.05, 4.69) is 0 Å². The third-order valence-corrected chi connectivity index (χ3v) is 5.46. The van der Waals surface area contributed by atoms with Gasteiger partial charge in [0, 0.05) is 17.3 Å². The molecule has 0 aromatic heterocycles. The molecule has 1 N–H and O–H groups in total. The van der Waals surface area contributed by atoms with E-state index in [9.17, 15) is 14.7 Å². The van der Waals surface area contributed by atoms with Crippen molar-refractivity contribution < 1.29 is 19.4 Å². The van der Waals surface area contributed by atoms with Crippen molar-refractivity contribution in [1.82, 2.24) is 0 Å². The molecule has 1 saturated heterocycles. The lowest BCUT2D eigenvalue weighted by Gasteiger charge is -2.52. The molecular weight excluding hydrogens is 244 g/mol. The number of aliphatic hydroxyl groups is 1. The second-order valence-corrected chi connectivity index (χ2v) is 6.71. The molecule has 6 atom stereocenters. The second-order valence-electron chi connectivity index (χ2n) is 6.71. The Balaban J connectivity index is 2.07. The highest BCUT2D eigenvalue weighted by molar-refractivity contribution is 5.96. The Morgan fingerprint density at radius 1 is 1.37 bits per heavy atom. The molecule has 0 bridgehead atoms.